The van der Waals surface area contributed by atoms with Crippen LogP contribution in [0, 0.1) is 0 Å². The number of hydrogen-bond donors (Lipinski definition) is 1. The molecule has 0 aromatic rings. The summed E-state index contributed by atoms with van der Waals surface area (Å²) in [7, 11) is 0. The number of allylic oxidation sites excluding steroid dienone is 3. The van der Waals surface area contributed by atoms with E-state index in [1.807, 2.05) is 0 Å². The van der Waals surface area contributed by atoms with Crippen LogP contribution in [-0.2, 0) is 4.79 Å². The van der Waals surface area contributed by atoms with Crippen LogP contribution in [0.3, 0.4) is 0 Å². The van der Waals surface area contributed by atoms with Gasteiger partial charge in [-0.05, 0) is 38.7 Å². The quantitative estimate of drug-likeness (QED) is 0.607. The van der Waals surface area contributed by atoms with Crippen LogP contribution in [0.15, 0.2) is 22.4 Å². The highest BCUT2D eigenvalue weighted by molar-refractivity contribution is 6.12. The summed E-state index contributed by atoms with van der Waals surface area (Å²) in [4.78, 5) is 12.0. The smallest absolute Gasteiger partial charge is 0.190 e. The Labute approximate surface area is 77.7 Å². The molecule has 2 nitrogen and oxygen atoms in total. The van der Waals surface area contributed by atoms with E-state index in [0.717, 1.165) is 30.5 Å². The van der Waals surface area contributed by atoms with Crippen LogP contribution in [-0.4, -0.2) is 11.3 Å². The minimum atomic E-state index is -0.145. The molecule has 0 amide bonds. The summed E-state index contributed by atoms with van der Waals surface area (Å²) >= 11 is 0. The van der Waals surface area contributed by atoms with Crippen LogP contribution in [0.2, 0.25) is 0 Å². The SMILES string of the molecule is CC1=C2NC3(CC3)C(=O)C2=C(C)C1. The standard InChI is InChI=1S/C11H13NO/c1-6-5-7(2)9-8(6)10(13)11(12-9)3-4-11/h12H,3-5H2,1-2H3. The monoisotopic (exact) mass is 175 g/mol. The van der Waals surface area contributed by atoms with E-state index >= 15 is 0 Å². The van der Waals surface area contributed by atoms with Gasteiger partial charge in [0.25, 0.3) is 0 Å². The number of fused-ring (bicyclic) bond motifs is 1. The van der Waals surface area contributed by atoms with E-state index in [2.05, 4.69) is 19.2 Å². The summed E-state index contributed by atoms with van der Waals surface area (Å²) in [6.07, 6.45) is 3.04. The van der Waals surface area contributed by atoms with Gasteiger partial charge in [-0.1, -0.05) is 5.57 Å². The second-order valence-corrected chi connectivity index (χ2v) is 4.52. The van der Waals surface area contributed by atoms with Gasteiger partial charge in [-0.15, -0.1) is 0 Å². The Kier molecular flexibility index (Phi) is 1.07. The molecule has 0 aromatic carbocycles. The van der Waals surface area contributed by atoms with E-state index in [1.165, 1.54) is 11.1 Å². The minimum absolute atomic E-state index is 0.145. The third kappa shape index (κ3) is 0.718. The summed E-state index contributed by atoms with van der Waals surface area (Å²) in [5.74, 6) is 0.358. The number of hydrogen-bond acceptors (Lipinski definition) is 2. The zero-order valence-corrected chi connectivity index (χ0v) is 8.03. The summed E-state index contributed by atoms with van der Waals surface area (Å²) in [6.45, 7) is 4.19. The lowest BCUT2D eigenvalue weighted by molar-refractivity contribution is -0.116. The minimum Gasteiger partial charge on any atom is -0.372 e. The van der Waals surface area contributed by atoms with Gasteiger partial charge in [-0.3, -0.25) is 4.79 Å². The number of carbonyl (C=O) groups is 1. The molecule has 3 aliphatic rings. The molecule has 13 heavy (non-hydrogen) atoms. The molecule has 0 aromatic heterocycles. The highest BCUT2D eigenvalue weighted by Gasteiger charge is 2.57. The molecule has 3 rings (SSSR count). The van der Waals surface area contributed by atoms with Gasteiger partial charge < -0.3 is 5.32 Å². The van der Waals surface area contributed by atoms with Crippen molar-refractivity contribution in [2.75, 3.05) is 0 Å². The number of nitrogens with one attached hydrogen (secondary N) is 1. The van der Waals surface area contributed by atoms with Gasteiger partial charge in [-0.25, -0.2) is 0 Å². The molecule has 1 spiro atoms. The Balaban J connectivity index is 2.17. The average molecular weight is 175 g/mol. The van der Waals surface area contributed by atoms with Crippen LogP contribution in [0.4, 0.5) is 0 Å². The fraction of sp³-hybridized carbons (Fsp3) is 0.545. The number of rotatable bonds is 0. The molecule has 1 aliphatic heterocycles. The maximum Gasteiger partial charge on any atom is 0.190 e. The molecule has 1 saturated carbocycles. The van der Waals surface area contributed by atoms with Crippen molar-refractivity contribution < 1.29 is 4.79 Å². The molecule has 1 N–H and O–H groups in total. The molecule has 2 heteroatoms. The van der Waals surface area contributed by atoms with Crippen LogP contribution < -0.4 is 5.32 Å². The van der Waals surface area contributed by atoms with Crippen LogP contribution in [0.1, 0.15) is 33.1 Å². The van der Waals surface area contributed by atoms with Crippen LogP contribution >= 0.6 is 0 Å². The van der Waals surface area contributed by atoms with Crippen molar-refractivity contribution in [1.29, 1.82) is 0 Å². The normalized spacial score (nSPS) is 28.6. The van der Waals surface area contributed by atoms with Crippen molar-refractivity contribution in [2.24, 2.45) is 0 Å². The predicted octanol–water partition coefficient (Wildman–Crippen LogP) is 1.69. The maximum atomic E-state index is 12.0. The van der Waals surface area contributed by atoms with E-state index in [1.54, 1.807) is 0 Å². The first-order chi connectivity index (χ1) is 6.14. The molecule has 0 atom stereocenters. The zero-order chi connectivity index (χ0) is 9.22. The third-order valence-corrected chi connectivity index (χ3v) is 3.41. The summed E-state index contributed by atoms with van der Waals surface area (Å²) in [6, 6.07) is 0. The molecular formula is C11H13NO. The van der Waals surface area contributed by atoms with E-state index in [0.29, 0.717) is 5.78 Å². The van der Waals surface area contributed by atoms with Crippen molar-refractivity contribution in [1.82, 2.24) is 5.32 Å². The Morgan fingerprint density at radius 1 is 1.23 bits per heavy atom. The Bertz CT molecular complexity index is 383. The van der Waals surface area contributed by atoms with Crippen molar-refractivity contribution >= 4 is 5.78 Å². The summed E-state index contributed by atoms with van der Waals surface area (Å²) < 4.78 is 0. The molecular weight excluding hydrogens is 162 g/mol. The molecule has 0 bridgehead atoms. The first-order valence-electron chi connectivity index (χ1n) is 4.87. The van der Waals surface area contributed by atoms with Gasteiger partial charge >= 0.3 is 0 Å². The molecule has 0 radical (unpaired) electrons. The molecule has 0 unspecified atom stereocenters. The first-order valence-corrected chi connectivity index (χ1v) is 4.87. The van der Waals surface area contributed by atoms with E-state index in [4.69, 9.17) is 0 Å². The average Bonchev–Trinajstić information content (AvgIpc) is 2.70. The number of carbonyl (C=O) groups excluding carboxylic acids is 1. The first kappa shape index (κ1) is 7.36. The van der Waals surface area contributed by atoms with Crippen molar-refractivity contribution in [3.05, 3.63) is 22.4 Å². The molecule has 2 fully saturated rings. The van der Waals surface area contributed by atoms with Gasteiger partial charge in [0.1, 0.15) is 5.54 Å². The highest BCUT2D eigenvalue weighted by Crippen LogP contribution is 2.49. The van der Waals surface area contributed by atoms with E-state index in [9.17, 15) is 4.79 Å². The Morgan fingerprint density at radius 2 is 1.92 bits per heavy atom. The van der Waals surface area contributed by atoms with E-state index < -0.39 is 0 Å². The highest BCUT2D eigenvalue weighted by atomic mass is 16.1. The van der Waals surface area contributed by atoms with Gasteiger partial charge in [0.15, 0.2) is 5.78 Å². The number of Topliss-reactive ketones (excluding diaryl/α,β-unsaturated/α-hetero) is 1. The van der Waals surface area contributed by atoms with Crippen molar-refractivity contribution in [2.45, 2.75) is 38.6 Å². The van der Waals surface area contributed by atoms with Crippen molar-refractivity contribution in [3.8, 4) is 0 Å². The van der Waals surface area contributed by atoms with E-state index in [-0.39, 0.29) is 5.54 Å². The molecule has 1 saturated heterocycles. The maximum absolute atomic E-state index is 12.0. The predicted molar refractivity (Wildman–Crippen MR) is 50.1 cm³/mol. The lowest BCUT2D eigenvalue weighted by Gasteiger charge is -2.06. The van der Waals surface area contributed by atoms with Gasteiger partial charge in [0.2, 0.25) is 0 Å². The molecule has 1 heterocycles. The summed E-state index contributed by atoms with van der Waals surface area (Å²) in [5.41, 5.74) is 4.61. The second kappa shape index (κ2) is 1.89. The van der Waals surface area contributed by atoms with Crippen LogP contribution in [0.5, 0.6) is 0 Å². The Morgan fingerprint density at radius 3 is 2.46 bits per heavy atom. The number of ketones is 1. The van der Waals surface area contributed by atoms with Crippen molar-refractivity contribution in [3.63, 3.8) is 0 Å². The van der Waals surface area contributed by atoms with Gasteiger partial charge in [-0.2, -0.15) is 0 Å². The topological polar surface area (TPSA) is 29.1 Å². The fourth-order valence-corrected chi connectivity index (χ4v) is 2.49. The van der Waals surface area contributed by atoms with Gasteiger partial charge in [0.05, 0.1) is 0 Å². The fourth-order valence-electron chi connectivity index (χ4n) is 2.49. The lowest BCUT2D eigenvalue weighted by Crippen LogP contribution is -2.29. The van der Waals surface area contributed by atoms with Gasteiger partial charge in [0, 0.05) is 11.3 Å². The zero-order valence-electron chi connectivity index (χ0n) is 8.03. The Hall–Kier alpha value is -1.05. The molecule has 2 aliphatic carbocycles. The largest absolute Gasteiger partial charge is 0.372 e. The third-order valence-electron chi connectivity index (χ3n) is 3.41. The van der Waals surface area contributed by atoms with Crippen LogP contribution in [0.25, 0.3) is 0 Å². The second-order valence-electron chi connectivity index (χ2n) is 4.52. The molecule has 68 valence electrons. The lowest BCUT2D eigenvalue weighted by atomic mass is 10.0. The summed E-state index contributed by atoms with van der Waals surface area (Å²) in [5, 5.41) is 3.41.